The molecular formula is C27H22Cl2INO3. The molecule has 0 atom stereocenters. The van der Waals surface area contributed by atoms with Gasteiger partial charge in [0.1, 0.15) is 18.1 Å². The SMILES string of the molecule is COc1cc(CNc2ccc(Oc3ccccc3)cc2)cc(I)c1OCc1ccc(Cl)cc1Cl. The number of nitrogens with one attached hydrogen (secondary N) is 1. The number of halogens is 3. The zero-order chi connectivity index (χ0) is 23.9. The van der Waals surface area contributed by atoms with Crippen LogP contribution in [0.5, 0.6) is 23.0 Å². The highest BCUT2D eigenvalue weighted by molar-refractivity contribution is 14.1. The highest BCUT2D eigenvalue weighted by Crippen LogP contribution is 2.35. The van der Waals surface area contributed by atoms with Gasteiger partial charge in [-0.1, -0.05) is 47.5 Å². The number of benzene rings is 4. The van der Waals surface area contributed by atoms with E-state index in [1.54, 1.807) is 19.2 Å². The van der Waals surface area contributed by atoms with Gasteiger partial charge in [-0.05, 0) is 88.8 Å². The van der Waals surface area contributed by atoms with Gasteiger partial charge in [0, 0.05) is 27.8 Å². The maximum absolute atomic E-state index is 6.27. The molecule has 0 aliphatic carbocycles. The van der Waals surface area contributed by atoms with Crippen LogP contribution in [0.4, 0.5) is 5.69 Å². The van der Waals surface area contributed by atoms with Crippen molar-refractivity contribution in [2.75, 3.05) is 12.4 Å². The van der Waals surface area contributed by atoms with E-state index in [9.17, 15) is 0 Å². The van der Waals surface area contributed by atoms with Gasteiger partial charge >= 0.3 is 0 Å². The molecule has 0 heterocycles. The Balaban J connectivity index is 1.39. The van der Waals surface area contributed by atoms with Gasteiger partial charge < -0.3 is 19.5 Å². The number of hydrogen-bond donors (Lipinski definition) is 1. The zero-order valence-electron chi connectivity index (χ0n) is 18.4. The third kappa shape index (κ3) is 6.50. The van der Waals surface area contributed by atoms with E-state index in [1.165, 1.54) is 0 Å². The molecule has 4 rings (SSSR count). The topological polar surface area (TPSA) is 39.7 Å². The predicted octanol–water partition coefficient (Wildman–Crippen LogP) is 8.59. The molecule has 4 aromatic rings. The fourth-order valence-electron chi connectivity index (χ4n) is 3.27. The summed E-state index contributed by atoms with van der Waals surface area (Å²) in [6.45, 7) is 0.950. The average molecular weight is 606 g/mol. The molecule has 0 aliphatic heterocycles. The molecule has 0 spiro atoms. The molecule has 0 aliphatic rings. The number of hydrogen-bond acceptors (Lipinski definition) is 4. The Labute approximate surface area is 222 Å². The van der Waals surface area contributed by atoms with Crippen LogP contribution in [0.2, 0.25) is 10.0 Å². The highest BCUT2D eigenvalue weighted by Gasteiger charge is 2.13. The summed E-state index contributed by atoms with van der Waals surface area (Å²) in [6.07, 6.45) is 0. The predicted molar refractivity (Wildman–Crippen MR) is 147 cm³/mol. The number of methoxy groups -OCH3 is 1. The first-order valence-corrected chi connectivity index (χ1v) is 12.4. The van der Waals surface area contributed by atoms with Crippen LogP contribution < -0.4 is 19.5 Å². The van der Waals surface area contributed by atoms with Crippen LogP contribution in [-0.2, 0) is 13.2 Å². The molecule has 0 unspecified atom stereocenters. The van der Waals surface area contributed by atoms with E-state index in [2.05, 4.69) is 34.0 Å². The fraction of sp³-hybridized carbons (Fsp3) is 0.111. The Morgan fingerprint density at radius 1 is 0.853 bits per heavy atom. The molecule has 0 saturated carbocycles. The molecule has 34 heavy (non-hydrogen) atoms. The molecule has 7 heteroatoms. The maximum atomic E-state index is 6.27. The lowest BCUT2D eigenvalue weighted by Gasteiger charge is -2.16. The second-order valence-electron chi connectivity index (χ2n) is 7.43. The summed E-state index contributed by atoms with van der Waals surface area (Å²) in [4.78, 5) is 0. The Kier molecular flexibility index (Phi) is 8.43. The summed E-state index contributed by atoms with van der Waals surface area (Å²) in [5.41, 5.74) is 2.92. The standard InChI is InChI=1S/C27H22Cl2INO3/c1-32-26-14-18(13-25(30)27(26)33-17-19-7-8-20(28)15-24(19)29)16-31-21-9-11-23(12-10-21)34-22-5-3-2-4-6-22/h2-15,31H,16-17H2,1H3. The van der Waals surface area contributed by atoms with Gasteiger partial charge in [-0.2, -0.15) is 0 Å². The number of ether oxygens (including phenoxy) is 3. The summed E-state index contributed by atoms with van der Waals surface area (Å²) >= 11 is 14.5. The van der Waals surface area contributed by atoms with Crippen molar-refractivity contribution in [2.24, 2.45) is 0 Å². The highest BCUT2D eigenvalue weighted by atomic mass is 127. The Morgan fingerprint density at radius 2 is 1.59 bits per heavy atom. The molecule has 1 N–H and O–H groups in total. The van der Waals surface area contributed by atoms with Crippen molar-refractivity contribution in [2.45, 2.75) is 13.2 Å². The molecule has 0 amide bonds. The minimum atomic E-state index is 0.317. The summed E-state index contributed by atoms with van der Waals surface area (Å²) in [7, 11) is 1.64. The van der Waals surface area contributed by atoms with E-state index in [-0.39, 0.29) is 0 Å². The molecule has 174 valence electrons. The lowest BCUT2D eigenvalue weighted by Crippen LogP contribution is -2.04. The van der Waals surface area contributed by atoms with Crippen LogP contribution in [0.1, 0.15) is 11.1 Å². The van der Waals surface area contributed by atoms with Crippen LogP contribution in [0.3, 0.4) is 0 Å². The molecular weight excluding hydrogens is 584 g/mol. The maximum Gasteiger partial charge on any atom is 0.174 e. The van der Waals surface area contributed by atoms with Gasteiger partial charge in [-0.25, -0.2) is 0 Å². The first kappa shape index (κ1) is 24.5. The van der Waals surface area contributed by atoms with Crippen molar-refractivity contribution < 1.29 is 14.2 Å². The lowest BCUT2D eigenvalue weighted by atomic mass is 10.2. The quantitative estimate of drug-likeness (QED) is 0.194. The van der Waals surface area contributed by atoms with E-state index < -0.39 is 0 Å². The number of anilines is 1. The third-order valence-corrected chi connectivity index (χ3v) is 6.39. The van der Waals surface area contributed by atoms with Crippen molar-refractivity contribution >= 4 is 51.5 Å². The van der Waals surface area contributed by atoms with Crippen LogP contribution in [0.25, 0.3) is 0 Å². The molecule has 0 fully saturated rings. The Morgan fingerprint density at radius 3 is 2.29 bits per heavy atom. The smallest absolute Gasteiger partial charge is 0.174 e. The van der Waals surface area contributed by atoms with Gasteiger partial charge in [0.15, 0.2) is 11.5 Å². The van der Waals surface area contributed by atoms with E-state index in [1.807, 2.05) is 66.7 Å². The Bertz CT molecular complexity index is 1250. The molecule has 0 bridgehead atoms. The minimum Gasteiger partial charge on any atom is -0.493 e. The van der Waals surface area contributed by atoms with Crippen molar-refractivity contribution in [3.8, 4) is 23.0 Å². The molecule has 4 nitrogen and oxygen atoms in total. The molecule has 0 saturated heterocycles. The van der Waals surface area contributed by atoms with Crippen LogP contribution in [-0.4, -0.2) is 7.11 Å². The molecule has 4 aromatic carbocycles. The van der Waals surface area contributed by atoms with E-state index in [0.717, 1.165) is 31.9 Å². The molecule has 0 radical (unpaired) electrons. The van der Waals surface area contributed by atoms with Gasteiger partial charge in [-0.15, -0.1) is 0 Å². The normalized spacial score (nSPS) is 10.6. The Hall–Kier alpha value is -2.61. The summed E-state index contributed by atoms with van der Waals surface area (Å²) < 4.78 is 18.5. The second kappa shape index (κ2) is 11.7. The third-order valence-electron chi connectivity index (χ3n) is 5.01. The van der Waals surface area contributed by atoms with Gasteiger partial charge in [0.25, 0.3) is 0 Å². The summed E-state index contributed by atoms with van der Waals surface area (Å²) in [5.74, 6) is 2.95. The van der Waals surface area contributed by atoms with E-state index >= 15 is 0 Å². The number of para-hydroxylation sites is 1. The largest absolute Gasteiger partial charge is 0.493 e. The number of rotatable bonds is 9. The second-order valence-corrected chi connectivity index (χ2v) is 9.43. The minimum absolute atomic E-state index is 0.317. The summed E-state index contributed by atoms with van der Waals surface area (Å²) in [5, 5.41) is 4.60. The monoisotopic (exact) mass is 605 g/mol. The van der Waals surface area contributed by atoms with Gasteiger partial charge in [0.05, 0.1) is 10.7 Å². The van der Waals surface area contributed by atoms with Crippen LogP contribution >= 0.6 is 45.8 Å². The zero-order valence-corrected chi connectivity index (χ0v) is 22.0. The lowest BCUT2D eigenvalue weighted by molar-refractivity contribution is 0.282. The van der Waals surface area contributed by atoms with Gasteiger partial charge in [-0.3, -0.25) is 0 Å². The van der Waals surface area contributed by atoms with Crippen LogP contribution in [0.15, 0.2) is 84.9 Å². The van der Waals surface area contributed by atoms with Gasteiger partial charge in [0.2, 0.25) is 0 Å². The van der Waals surface area contributed by atoms with Crippen LogP contribution in [0, 0.1) is 3.57 Å². The summed E-state index contributed by atoms with van der Waals surface area (Å²) in [6, 6.07) is 27.0. The first-order valence-electron chi connectivity index (χ1n) is 10.5. The van der Waals surface area contributed by atoms with Crippen molar-refractivity contribution in [3.05, 3.63) is 110 Å². The van der Waals surface area contributed by atoms with E-state index in [0.29, 0.717) is 34.7 Å². The first-order chi connectivity index (χ1) is 16.5. The average Bonchev–Trinajstić information content (AvgIpc) is 2.84. The fourth-order valence-corrected chi connectivity index (χ4v) is 4.56. The molecule has 0 aromatic heterocycles. The van der Waals surface area contributed by atoms with E-state index in [4.69, 9.17) is 37.4 Å². The van der Waals surface area contributed by atoms with Crippen molar-refractivity contribution in [3.63, 3.8) is 0 Å². The van der Waals surface area contributed by atoms with Crippen molar-refractivity contribution in [1.82, 2.24) is 0 Å². The van der Waals surface area contributed by atoms with Crippen molar-refractivity contribution in [1.29, 1.82) is 0 Å².